The molecule has 1 saturated carbocycles. The smallest absolute Gasteiger partial charge is 0.135 e. The van der Waals surface area contributed by atoms with Crippen LogP contribution in [0.3, 0.4) is 0 Å². The second-order valence-corrected chi connectivity index (χ2v) is 7.07. The molecule has 4 rings (SSSR count). The van der Waals surface area contributed by atoms with Gasteiger partial charge in [0.1, 0.15) is 17.3 Å². The minimum Gasteiger partial charge on any atom is -0.497 e. The molecule has 1 aliphatic rings. The van der Waals surface area contributed by atoms with Crippen molar-refractivity contribution in [2.24, 2.45) is 0 Å². The summed E-state index contributed by atoms with van der Waals surface area (Å²) in [5.41, 5.74) is 3.11. The van der Waals surface area contributed by atoms with Crippen molar-refractivity contribution in [2.45, 2.75) is 38.0 Å². The molecule has 136 valence electrons. The molecule has 0 spiro atoms. The Bertz CT molecular complexity index is 933. The molecule has 0 atom stereocenters. The van der Waals surface area contributed by atoms with Crippen LogP contribution in [-0.4, -0.2) is 7.11 Å². The fraction of sp³-hybridized carbons (Fsp3) is 0.280. The van der Waals surface area contributed by atoms with Crippen molar-refractivity contribution in [2.75, 3.05) is 7.11 Å². The van der Waals surface area contributed by atoms with E-state index in [1.807, 2.05) is 42.5 Å². The zero-order valence-electron chi connectivity index (χ0n) is 15.7. The summed E-state index contributed by atoms with van der Waals surface area (Å²) in [6.07, 6.45) is 6.27. The Morgan fingerprint density at radius 3 is 2.33 bits per heavy atom. The third-order valence-electron chi connectivity index (χ3n) is 5.23. The number of furan rings is 1. The van der Waals surface area contributed by atoms with Crippen molar-refractivity contribution in [1.82, 2.24) is 0 Å². The number of hydrogen-bond donors (Lipinski definition) is 0. The molecule has 0 amide bonds. The van der Waals surface area contributed by atoms with Gasteiger partial charge in [0.25, 0.3) is 0 Å². The molecular formula is C25H24O2. The lowest BCUT2D eigenvalue weighted by Crippen LogP contribution is -2.04. The highest BCUT2D eigenvalue weighted by atomic mass is 16.5. The Morgan fingerprint density at radius 2 is 1.63 bits per heavy atom. The molecule has 0 aliphatic heterocycles. The van der Waals surface area contributed by atoms with Gasteiger partial charge in [-0.05, 0) is 37.1 Å². The van der Waals surface area contributed by atoms with E-state index in [1.165, 1.54) is 32.1 Å². The second kappa shape index (κ2) is 8.18. The van der Waals surface area contributed by atoms with E-state index in [2.05, 4.69) is 30.0 Å². The van der Waals surface area contributed by atoms with Crippen molar-refractivity contribution in [3.8, 4) is 28.9 Å². The van der Waals surface area contributed by atoms with E-state index >= 15 is 0 Å². The molecule has 0 N–H and O–H groups in total. The van der Waals surface area contributed by atoms with Gasteiger partial charge < -0.3 is 9.15 Å². The molecule has 1 heterocycles. The number of rotatable bonds is 3. The number of ether oxygens (including phenoxy) is 1. The Labute approximate surface area is 161 Å². The van der Waals surface area contributed by atoms with Crippen LogP contribution < -0.4 is 4.74 Å². The minimum atomic E-state index is 0.483. The van der Waals surface area contributed by atoms with Crippen LogP contribution in [0.1, 0.15) is 54.9 Å². The van der Waals surface area contributed by atoms with Crippen LogP contribution in [0.2, 0.25) is 0 Å². The molecule has 0 saturated heterocycles. The van der Waals surface area contributed by atoms with Gasteiger partial charge in [-0.15, -0.1) is 0 Å². The fourth-order valence-corrected chi connectivity index (χ4v) is 3.73. The van der Waals surface area contributed by atoms with Crippen LogP contribution in [0.4, 0.5) is 0 Å². The SMILES string of the molecule is COc1ccc(C#Cc2cc(-c3ccccc3)oc2C2CCCCC2)cc1. The summed E-state index contributed by atoms with van der Waals surface area (Å²) in [6, 6.07) is 20.3. The van der Waals surface area contributed by atoms with Crippen molar-refractivity contribution in [3.63, 3.8) is 0 Å². The first-order valence-corrected chi connectivity index (χ1v) is 9.69. The van der Waals surface area contributed by atoms with Crippen molar-refractivity contribution in [3.05, 3.63) is 77.6 Å². The van der Waals surface area contributed by atoms with Crippen LogP contribution in [0.5, 0.6) is 5.75 Å². The van der Waals surface area contributed by atoms with Crippen LogP contribution >= 0.6 is 0 Å². The largest absolute Gasteiger partial charge is 0.497 e. The Hall–Kier alpha value is -2.92. The molecule has 0 radical (unpaired) electrons. The normalized spacial score (nSPS) is 14.4. The molecule has 1 fully saturated rings. The van der Waals surface area contributed by atoms with Crippen molar-refractivity contribution in [1.29, 1.82) is 0 Å². The molecule has 2 nitrogen and oxygen atoms in total. The van der Waals surface area contributed by atoms with Crippen LogP contribution in [0.15, 0.2) is 65.1 Å². The van der Waals surface area contributed by atoms with Crippen LogP contribution in [0, 0.1) is 11.8 Å². The van der Waals surface area contributed by atoms with E-state index in [0.717, 1.165) is 34.0 Å². The first-order chi connectivity index (χ1) is 13.3. The van der Waals surface area contributed by atoms with Crippen LogP contribution in [-0.2, 0) is 0 Å². The molecule has 1 aromatic heterocycles. The third-order valence-corrected chi connectivity index (χ3v) is 5.23. The fourth-order valence-electron chi connectivity index (χ4n) is 3.73. The predicted molar refractivity (Wildman–Crippen MR) is 109 cm³/mol. The number of hydrogen-bond acceptors (Lipinski definition) is 2. The summed E-state index contributed by atoms with van der Waals surface area (Å²) in [5, 5.41) is 0. The average molecular weight is 356 g/mol. The maximum Gasteiger partial charge on any atom is 0.135 e. The second-order valence-electron chi connectivity index (χ2n) is 7.07. The zero-order valence-corrected chi connectivity index (χ0v) is 15.7. The molecule has 2 heteroatoms. The number of methoxy groups -OCH3 is 1. The summed E-state index contributed by atoms with van der Waals surface area (Å²) in [7, 11) is 1.67. The first-order valence-electron chi connectivity index (χ1n) is 9.69. The highest BCUT2D eigenvalue weighted by Gasteiger charge is 2.23. The predicted octanol–water partition coefficient (Wildman–Crippen LogP) is 6.40. The lowest BCUT2D eigenvalue weighted by Gasteiger charge is -2.19. The molecule has 0 unspecified atom stereocenters. The maximum atomic E-state index is 6.34. The van der Waals surface area contributed by atoms with E-state index in [-0.39, 0.29) is 0 Å². The number of benzene rings is 2. The first kappa shape index (κ1) is 17.5. The molecule has 3 aromatic rings. The molecule has 1 aliphatic carbocycles. The van der Waals surface area contributed by atoms with Gasteiger partial charge >= 0.3 is 0 Å². The Kier molecular flexibility index (Phi) is 5.30. The van der Waals surface area contributed by atoms with Gasteiger partial charge in [0.2, 0.25) is 0 Å². The highest BCUT2D eigenvalue weighted by Crippen LogP contribution is 2.38. The highest BCUT2D eigenvalue weighted by molar-refractivity contribution is 5.61. The molecular weight excluding hydrogens is 332 g/mol. The van der Waals surface area contributed by atoms with Gasteiger partial charge in [-0.2, -0.15) is 0 Å². The van der Waals surface area contributed by atoms with Crippen molar-refractivity contribution < 1.29 is 9.15 Å². The molecule has 0 bridgehead atoms. The monoisotopic (exact) mass is 356 g/mol. The van der Waals surface area contributed by atoms with Crippen LogP contribution in [0.25, 0.3) is 11.3 Å². The summed E-state index contributed by atoms with van der Waals surface area (Å²) >= 11 is 0. The summed E-state index contributed by atoms with van der Waals surface area (Å²) in [5.74, 6) is 9.97. The Balaban J connectivity index is 1.69. The van der Waals surface area contributed by atoms with E-state index < -0.39 is 0 Å². The van der Waals surface area contributed by atoms with Gasteiger partial charge in [-0.1, -0.05) is 61.4 Å². The zero-order chi connectivity index (χ0) is 18.5. The van der Waals surface area contributed by atoms with E-state index in [0.29, 0.717) is 5.92 Å². The summed E-state index contributed by atoms with van der Waals surface area (Å²) in [6.45, 7) is 0. The average Bonchev–Trinajstić information content (AvgIpc) is 3.18. The maximum absolute atomic E-state index is 6.34. The summed E-state index contributed by atoms with van der Waals surface area (Å²) in [4.78, 5) is 0. The molecule has 2 aromatic carbocycles. The third kappa shape index (κ3) is 4.09. The Morgan fingerprint density at radius 1 is 0.889 bits per heavy atom. The minimum absolute atomic E-state index is 0.483. The quantitative estimate of drug-likeness (QED) is 0.506. The van der Waals surface area contributed by atoms with Crippen molar-refractivity contribution >= 4 is 0 Å². The van der Waals surface area contributed by atoms with E-state index in [4.69, 9.17) is 9.15 Å². The lowest BCUT2D eigenvalue weighted by molar-refractivity contribution is 0.378. The topological polar surface area (TPSA) is 22.4 Å². The van der Waals surface area contributed by atoms with Gasteiger partial charge in [-0.25, -0.2) is 0 Å². The van der Waals surface area contributed by atoms with Gasteiger partial charge in [0.05, 0.1) is 12.7 Å². The summed E-state index contributed by atoms with van der Waals surface area (Å²) < 4.78 is 11.6. The lowest BCUT2D eigenvalue weighted by atomic mass is 9.86. The van der Waals surface area contributed by atoms with E-state index in [1.54, 1.807) is 7.11 Å². The van der Waals surface area contributed by atoms with Gasteiger partial charge in [0, 0.05) is 23.1 Å². The van der Waals surface area contributed by atoms with E-state index in [9.17, 15) is 0 Å². The molecule has 27 heavy (non-hydrogen) atoms. The van der Waals surface area contributed by atoms with Gasteiger partial charge in [0.15, 0.2) is 0 Å². The standard InChI is InChI=1S/C25H24O2/c1-26-23-16-13-19(14-17-23)12-15-22-18-24(20-8-4-2-5-9-20)27-25(22)21-10-6-3-7-11-21/h2,4-5,8-9,13-14,16-18,21H,3,6-7,10-11H2,1H3. The van der Waals surface area contributed by atoms with Gasteiger partial charge in [-0.3, -0.25) is 0 Å².